The summed E-state index contributed by atoms with van der Waals surface area (Å²) < 4.78 is 4.84. The highest BCUT2D eigenvalue weighted by atomic mass is 16.5. The molecule has 164 valence electrons. The predicted molar refractivity (Wildman–Crippen MR) is 112 cm³/mol. The first-order valence-corrected chi connectivity index (χ1v) is 12.0. The maximum atomic E-state index is 13.7. The quantitative estimate of drug-likeness (QED) is 0.685. The van der Waals surface area contributed by atoms with Crippen LogP contribution in [0, 0.1) is 46.3 Å². The minimum Gasteiger partial charge on any atom is -0.469 e. The topological polar surface area (TPSA) is 63.6 Å². The van der Waals surface area contributed by atoms with E-state index in [9.17, 15) is 14.7 Å². The fourth-order valence-electron chi connectivity index (χ4n) is 8.67. The molecule has 0 aliphatic heterocycles. The molecule has 0 aromatic rings. The van der Waals surface area contributed by atoms with E-state index in [1.807, 2.05) is 0 Å². The van der Waals surface area contributed by atoms with Crippen molar-refractivity contribution in [1.82, 2.24) is 0 Å². The van der Waals surface area contributed by atoms with E-state index < -0.39 is 0 Å². The van der Waals surface area contributed by atoms with Gasteiger partial charge in [-0.2, -0.15) is 0 Å². The summed E-state index contributed by atoms with van der Waals surface area (Å²) >= 11 is 0. The average molecular weight is 405 g/mol. The molecule has 0 unspecified atom stereocenters. The highest BCUT2D eigenvalue weighted by Gasteiger charge is 2.63. The van der Waals surface area contributed by atoms with Crippen LogP contribution in [0.3, 0.4) is 0 Å². The summed E-state index contributed by atoms with van der Waals surface area (Å²) in [5.74, 6) is 3.24. The summed E-state index contributed by atoms with van der Waals surface area (Å²) in [5, 5.41) is 10.2. The summed E-state index contributed by atoms with van der Waals surface area (Å²) in [6.07, 6.45) is 9.42. The molecule has 4 saturated carbocycles. The van der Waals surface area contributed by atoms with Crippen LogP contribution in [0.15, 0.2) is 0 Å². The van der Waals surface area contributed by atoms with E-state index in [1.165, 1.54) is 26.4 Å². The third-order valence-electron chi connectivity index (χ3n) is 10.1. The highest BCUT2D eigenvalue weighted by molar-refractivity contribution is 5.84. The molecule has 4 aliphatic carbocycles. The molecule has 4 nitrogen and oxygen atoms in total. The lowest BCUT2D eigenvalue weighted by molar-refractivity contribution is -0.162. The van der Waals surface area contributed by atoms with Crippen LogP contribution in [-0.2, 0) is 14.3 Å². The second-order valence-corrected chi connectivity index (χ2v) is 11.4. The minimum atomic E-state index is -0.167. The molecule has 4 fully saturated rings. The molecular weight excluding hydrogens is 364 g/mol. The second-order valence-electron chi connectivity index (χ2n) is 11.4. The molecule has 1 N–H and O–H groups in total. The van der Waals surface area contributed by atoms with Gasteiger partial charge in [0, 0.05) is 18.8 Å². The molecule has 0 bridgehead atoms. The molecule has 0 aromatic heterocycles. The van der Waals surface area contributed by atoms with Gasteiger partial charge in [-0.05, 0) is 91.8 Å². The van der Waals surface area contributed by atoms with E-state index in [0.717, 1.165) is 38.5 Å². The lowest BCUT2D eigenvalue weighted by Crippen LogP contribution is -2.57. The monoisotopic (exact) mass is 404 g/mol. The van der Waals surface area contributed by atoms with Gasteiger partial charge in [0.15, 0.2) is 0 Å². The van der Waals surface area contributed by atoms with E-state index in [2.05, 4.69) is 20.8 Å². The molecule has 0 amide bonds. The number of hydrogen-bond acceptors (Lipinski definition) is 4. The van der Waals surface area contributed by atoms with Crippen LogP contribution in [0.1, 0.15) is 85.0 Å². The molecule has 0 aromatic carbocycles. The zero-order chi connectivity index (χ0) is 21.0. The van der Waals surface area contributed by atoms with Crippen LogP contribution in [0.4, 0.5) is 0 Å². The number of ketones is 1. The van der Waals surface area contributed by atoms with E-state index in [4.69, 9.17) is 4.74 Å². The number of rotatable bonds is 4. The van der Waals surface area contributed by atoms with Gasteiger partial charge in [0.25, 0.3) is 0 Å². The first-order valence-electron chi connectivity index (χ1n) is 12.0. The zero-order valence-electron chi connectivity index (χ0n) is 18.8. The molecule has 0 heterocycles. The standard InChI is InChI=1S/C25H40O4/c1-15(5-10-22(28)29-4)19-8-9-20-18-7-6-16-13-17(26)11-12-24(16,2)23(18)21(27)14-25(19,20)3/h15-20,23,26H,5-14H2,1-4H3/t15-,16+,17+,18-,19+,20-,23+,24+,25-/m1/s1. The Balaban J connectivity index is 1.54. The Morgan fingerprint density at radius 2 is 1.93 bits per heavy atom. The predicted octanol–water partition coefficient (Wildman–Crippen LogP) is 4.77. The maximum Gasteiger partial charge on any atom is 0.305 e. The second kappa shape index (κ2) is 7.66. The number of ether oxygens (including phenoxy) is 1. The Morgan fingerprint density at radius 3 is 2.66 bits per heavy atom. The van der Waals surface area contributed by atoms with Gasteiger partial charge < -0.3 is 9.84 Å². The van der Waals surface area contributed by atoms with Crippen molar-refractivity contribution in [3.63, 3.8) is 0 Å². The van der Waals surface area contributed by atoms with E-state index in [-0.39, 0.29) is 28.8 Å². The Labute approximate surface area is 176 Å². The zero-order valence-corrected chi connectivity index (χ0v) is 18.8. The molecule has 0 saturated heterocycles. The molecule has 0 radical (unpaired) electrons. The number of esters is 1. The maximum absolute atomic E-state index is 13.7. The number of methoxy groups -OCH3 is 1. The van der Waals surface area contributed by atoms with Gasteiger partial charge in [-0.25, -0.2) is 0 Å². The van der Waals surface area contributed by atoms with E-state index in [0.29, 0.717) is 41.8 Å². The van der Waals surface area contributed by atoms with Crippen LogP contribution in [0.25, 0.3) is 0 Å². The summed E-state index contributed by atoms with van der Waals surface area (Å²) in [7, 11) is 1.46. The molecule has 0 spiro atoms. The number of Topliss-reactive ketones (excluding diaryl/α,β-unsaturated/α-hetero) is 1. The molecule has 4 aliphatic rings. The van der Waals surface area contributed by atoms with Crippen molar-refractivity contribution < 1.29 is 19.4 Å². The number of aliphatic hydroxyl groups is 1. The molecule has 9 atom stereocenters. The van der Waals surface area contributed by atoms with Gasteiger partial charge in [0.05, 0.1) is 13.2 Å². The van der Waals surface area contributed by atoms with Crippen molar-refractivity contribution in [2.75, 3.05) is 7.11 Å². The summed E-state index contributed by atoms with van der Waals surface area (Å²) in [6.45, 7) is 7.03. The molecule has 29 heavy (non-hydrogen) atoms. The number of aliphatic hydroxyl groups excluding tert-OH is 1. The molecular formula is C25H40O4. The van der Waals surface area contributed by atoms with Gasteiger partial charge >= 0.3 is 5.97 Å². The van der Waals surface area contributed by atoms with Crippen LogP contribution in [-0.4, -0.2) is 30.1 Å². The normalized spacial score (nSPS) is 47.7. The lowest BCUT2D eigenvalue weighted by atomic mass is 9.44. The Bertz CT molecular complexity index is 659. The first-order chi connectivity index (χ1) is 13.7. The largest absolute Gasteiger partial charge is 0.469 e. The summed E-state index contributed by atoms with van der Waals surface area (Å²) in [6, 6.07) is 0. The van der Waals surface area contributed by atoms with Crippen LogP contribution < -0.4 is 0 Å². The van der Waals surface area contributed by atoms with Gasteiger partial charge in [-0.15, -0.1) is 0 Å². The Morgan fingerprint density at radius 1 is 1.17 bits per heavy atom. The van der Waals surface area contributed by atoms with Gasteiger partial charge in [-0.3, -0.25) is 9.59 Å². The lowest BCUT2D eigenvalue weighted by Gasteiger charge is -2.60. The molecule has 4 heteroatoms. The van der Waals surface area contributed by atoms with Crippen molar-refractivity contribution in [2.45, 2.75) is 91.1 Å². The van der Waals surface area contributed by atoms with Gasteiger partial charge in [0.1, 0.15) is 5.78 Å². The van der Waals surface area contributed by atoms with Crippen molar-refractivity contribution in [3.05, 3.63) is 0 Å². The minimum absolute atomic E-state index is 0.0885. The van der Waals surface area contributed by atoms with Crippen molar-refractivity contribution in [1.29, 1.82) is 0 Å². The van der Waals surface area contributed by atoms with Crippen LogP contribution >= 0.6 is 0 Å². The van der Waals surface area contributed by atoms with E-state index in [1.54, 1.807) is 0 Å². The fourth-order valence-corrected chi connectivity index (χ4v) is 8.67. The number of hydrogen-bond donors (Lipinski definition) is 1. The average Bonchev–Trinajstić information content (AvgIpc) is 3.02. The van der Waals surface area contributed by atoms with Crippen LogP contribution in [0.2, 0.25) is 0 Å². The number of carbonyl (C=O) groups excluding carboxylic acids is 2. The smallest absolute Gasteiger partial charge is 0.305 e. The third kappa shape index (κ3) is 3.38. The highest BCUT2D eigenvalue weighted by Crippen LogP contribution is 2.67. The number of fused-ring (bicyclic) bond motifs is 5. The summed E-state index contributed by atoms with van der Waals surface area (Å²) in [4.78, 5) is 25.3. The van der Waals surface area contributed by atoms with E-state index >= 15 is 0 Å². The van der Waals surface area contributed by atoms with Crippen molar-refractivity contribution in [3.8, 4) is 0 Å². The van der Waals surface area contributed by atoms with Crippen molar-refractivity contribution in [2.24, 2.45) is 46.3 Å². The summed E-state index contributed by atoms with van der Waals surface area (Å²) in [5.41, 5.74) is 0.181. The SMILES string of the molecule is COC(=O)CC[C@@H](C)[C@@H]1CC[C@@H]2[C@H]3CC[C@H]4C[C@@H](O)CC[C@]4(C)[C@@H]3C(=O)C[C@@]21C. The Hall–Kier alpha value is -0.900. The fraction of sp³-hybridized carbons (Fsp3) is 0.920. The van der Waals surface area contributed by atoms with Gasteiger partial charge in [0.2, 0.25) is 0 Å². The van der Waals surface area contributed by atoms with Crippen LogP contribution in [0.5, 0.6) is 0 Å². The number of carbonyl (C=O) groups is 2. The van der Waals surface area contributed by atoms with Crippen molar-refractivity contribution >= 4 is 11.8 Å². The van der Waals surface area contributed by atoms with Gasteiger partial charge in [-0.1, -0.05) is 20.8 Å². The Kier molecular flexibility index (Phi) is 5.63. The first kappa shape index (κ1) is 21.3. The third-order valence-corrected chi connectivity index (χ3v) is 10.1. The molecule has 4 rings (SSSR count).